The van der Waals surface area contributed by atoms with E-state index in [1.54, 1.807) is 28.4 Å². The van der Waals surface area contributed by atoms with Crippen LogP contribution < -0.4 is 9.80 Å². The average Bonchev–Trinajstić information content (AvgIpc) is 3.24. The number of likely N-dealkylation sites (N-methyl/N-ethyl adjacent to an activating group) is 1. The van der Waals surface area contributed by atoms with E-state index in [1.807, 2.05) is 17.9 Å². The second-order valence-corrected chi connectivity index (χ2v) is 7.13. The van der Waals surface area contributed by atoms with Crippen LogP contribution >= 0.6 is 0 Å². The van der Waals surface area contributed by atoms with Crippen LogP contribution in [0.1, 0.15) is 30.5 Å². The van der Waals surface area contributed by atoms with Crippen molar-refractivity contribution in [3.63, 3.8) is 0 Å². The first-order valence-corrected chi connectivity index (χ1v) is 8.83. The van der Waals surface area contributed by atoms with E-state index in [2.05, 4.69) is 20.0 Å². The Morgan fingerprint density at radius 2 is 1.92 bits per heavy atom. The molecule has 2 aromatic heterocycles. The van der Waals surface area contributed by atoms with E-state index < -0.39 is 0 Å². The molecular formula is C17H21N7O. The van der Waals surface area contributed by atoms with Gasteiger partial charge in [-0.25, -0.2) is 9.78 Å². The molecular weight excluding hydrogens is 318 g/mol. The van der Waals surface area contributed by atoms with Gasteiger partial charge in [0.05, 0.1) is 23.6 Å². The molecule has 0 aromatic carbocycles. The molecule has 2 saturated heterocycles. The lowest BCUT2D eigenvalue weighted by Crippen LogP contribution is -2.48. The van der Waals surface area contributed by atoms with Crippen molar-refractivity contribution in [3.05, 3.63) is 30.5 Å². The van der Waals surface area contributed by atoms with E-state index in [0.717, 1.165) is 43.4 Å². The number of anilines is 2. The number of hydrogen-bond donors (Lipinski definition) is 0. The van der Waals surface area contributed by atoms with Crippen molar-refractivity contribution in [1.29, 1.82) is 0 Å². The molecule has 0 bridgehead atoms. The Kier molecular flexibility index (Phi) is 3.19. The van der Waals surface area contributed by atoms with Crippen LogP contribution in [0.25, 0.3) is 0 Å². The van der Waals surface area contributed by atoms with Crippen molar-refractivity contribution in [2.75, 3.05) is 43.0 Å². The van der Waals surface area contributed by atoms with Crippen LogP contribution in [0.2, 0.25) is 0 Å². The van der Waals surface area contributed by atoms with Gasteiger partial charge in [-0.05, 0) is 12.8 Å². The second-order valence-electron chi connectivity index (χ2n) is 7.13. The molecule has 0 spiro atoms. The summed E-state index contributed by atoms with van der Waals surface area (Å²) in [4.78, 5) is 27.0. The van der Waals surface area contributed by atoms with Gasteiger partial charge in [0, 0.05) is 57.7 Å². The maximum Gasteiger partial charge on any atom is 0.324 e. The lowest BCUT2D eigenvalue weighted by molar-refractivity contribution is 0.229. The largest absolute Gasteiger partial charge is 0.351 e. The SMILES string of the molecule is CN1CCN(c2cnn(C3CN(c4nccnc4C4CC4)C3)c2)C1=O. The average molecular weight is 339 g/mol. The van der Waals surface area contributed by atoms with E-state index in [-0.39, 0.29) is 6.03 Å². The summed E-state index contributed by atoms with van der Waals surface area (Å²) in [6.45, 7) is 3.25. The molecule has 5 rings (SSSR count). The third-order valence-corrected chi connectivity index (χ3v) is 5.32. The van der Waals surface area contributed by atoms with Crippen molar-refractivity contribution in [3.8, 4) is 0 Å². The Hall–Kier alpha value is -2.64. The lowest BCUT2D eigenvalue weighted by atomic mass is 10.1. The highest BCUT2D eigenvalue weighted by atomic mass is 16.2. The van der Waals surface area contributed by atoms with Crippen LogP contribution in [-0.4, -0.2) is 63.9 Å². The van der Waals surface area contributed by atoms with Gasteiger partial charge in [0.2, 0.25) is 0 Å². The Morgan fingerprint density at radius 3 is 2.64 bits per heavy atom. The molecule has 0 atom stereocenters. The fraction of sp³-hybridized carbons (Fsp3) is 0.529. The van der Waals surface area contributed by atoms with Crippen LogP contribution in [0.5, 0.6) is 0 Å². The molecule has 25 heavy (non-hydrogen) atoms. The summed E-state index contributed by atoms with van der Waals surface area (Å²) in [5.74, 6) is 1.63. The number of rotatable bonds is 4. The predicted molar refractivity (Wildman–Crippen MR) is 92.9 cm³/mol. The number of aromatic nitrogens is 4. The Balaban J connectivity index is 1.28. The van der Waals surface area contributed by atoms with Gasteiger partial charge in [0.25, 0.3) is 0 Å². The van der Waals surface area contributed by atoms with Crippen LogP contribution in [0.3, 0.4) is 0 Å². The molecule has 4 heterocycles. The van der Waals surface area contributed by atoms with Crippen LogP contribution in [0.4, 0.5) is 16.3 Å². The standard InChI is InChI=1S/C17H21N7O/c1-21-6-7-23(17(21)25)13-8-20-24(11-13)14-9-22(10-14)16-15(12-2-3-12)18-4-5-19-16/h4-5,8,11-12,14H,2-3,6-7,9-10H2,1H3. The summed E-state index contributed by atoms with van der Waals surface area (Å²) in [6.07, 6.45) is 9.79. The van der Waals surface area contributed by atoms with Gasteiger partial charge in [-0.2, -0.15) is 5.10 Å². The minimum absolute atomic E-state index is 0.0448. The minimum Gasteiger partial charge on any atom is -0.351 e. The maximum absolute atomic E-state index is 12.1. The van der Waals surface area contributed by atoms with E-state index in [4.69, 9.17) is 0 Å². The smallest absolute Gasteiger partial charge is 0.324 e. The first-order chi connectivity index (χ1) is 12.2. The Labute approximate surface area is 146 Å². The normalized spacial score (nSPS) is 21.2. The summed E-state index contributed by atoms with van der Waals surface area (Å²) in [5.41, 5.74) is 2.03. The van der Waals surface area contributed by atoms with Gasteiger partial charge in [-0.1, -0.05) is 0 Å². The first kappa shape index (κ1) is 14.7. The zero-order valence-corrected chi connectivity index (χ0v) is 14.2. The number of carbonyl (C=O) groups is 1. The molecule has 8 nitrogen and oxygen atoms in total. The number of urea groups is 1. The summed E-state index contributed by atoms with van der Waals surface area (Å²) >= 11 is 0. The quantitative estimate of drug-likeness (QED) is 0.844. The molecule has 2 amide bonds. The molecule has 0 unspecified atom stereocenters. The molecule has 2 aliphatic heterocycles. The molecule has 130 valence electrons. The van der Waals surface area contributed by atoms with E-state index in [0.29, 0.717) is 12.0 Å². The third-order valence-electron chi connectivity index (χ3n) is 5.32. The fourth-order valence-corrected chi connectivity index (χ4v) is 3.58. The number of hydrogen-bond acceptors (Lipinski definition) is 5. The Bertz CT molecular complexity index is 809. The zero-order chi connectivity index (χ0) is 17.0. The molecule has 0 N–H and O–H groups in total. The van der Waals surface area contributed by atoms with Crippen LogP contribution in [0.15, 0.2) is 24.8 Å². The number of carbonyl (C=O) groups excluding carboxylic acids is 1. The highest BCUT2D eigenvalue weighted by molar-refractivity contribution is 5.93. The summed E-state index contributed by atoms with van der Waals surface area (Å²) in [5, 5.41) is 4.48. The highest BCUT2D eigenvalue weighted by Gasteiger charge is 2.36. The van der Waals surface area contributed by atoms with Gasteiger partial charge in [-0.15, -0.1) is 0 Å². The van der Waals surface area contributed by atoms with E-state index >= 15 is 0 Å². The van der Waals surface area contributed by atoms with Crippen molar-refractivity contribution in [2.24, 2.45) is 0 Å². The van der Waals surface area contributed by atoms with Crippen molar-refractivity contribution < 1.29 is 4.79 Å². The maximum atomic E-state index is 12.1. The van der Waals surface area contributed by atoms with Gasteiger partial charge in [0.1, 0.15) is 0 Å². The third kappa shape index (κ3) is 2.43. The first-order valence-electron chi connectivity index (χ1n) is 8.83. The number of nitrogens with zero attached hydrogens (tertiary/aromatic N) is 7. The molecule has 3 fully saturated rings. The van der Waals surface area contributed by atoms with E-state index in [1.165, 1.54) is 12.8 Å². The zero-order valence-electron chi connectivity index (χ0n) is 14.2. The van der Waals surface area contributed by atoms with Crippen molar-refractivity contribution >= 4 is 17.5 Å². The lowest BCUT2D eigenvalue weighted by Gasteiger charge is -2.40. The van der Waals surface area contributed by atoms with Gasteiger partial charge < -0.3 is 9.80 Å². The van der Waals surface area contributed by atoms with Gasteiger partial charge >= 0.3 is 6.03 Å². The fourth-order valence-electron chi connectivity index (χ4n) is 3.58. The molecule has 8 heteroatoms. The molecule has 3 aliphatic rings. The van der Waals surface area contributed by atoms with Crippen LogP contribution in [0, 0.1) is 0 Å². The summed E-state index contributed by atoms with van der Waals surface area (Å²) < 4.78 is 1.98. The Morgan fingerprint density at radius 1 is 1.12 bits per heavy atom. The highest BCUT2D eigenvalue weighted by Crippen LogP contribution is 2.43. The van der Waals surface area contributed by atoms with Crippen molar-refractivity contribution in [2.45, 2.75) is 24.8 Å². The monoisotopic (exact) mass is 339 g/mol. The van der Waals surface area contributed by atoms with E-state index in [9.17, 15) is 4.79 Å². The number of amides is 2. The minimum atomic E-state index is 0.0448. The molecule has 1 aliphatic carbocycles. The predicted octanol–water partition coefficient (Wildman–Crippen LogP) is 1.48. The summed E-state index contributed by atoms with van der Waals surface area (Å²) in [6, 6.07) is 0.363. The van der Waals surface area contributed by atoms with Gasteiger partial charge in [-0.3, -0.25) is 14.6 Å². The van der Waals surface area contributed by atoms with Gasteiger partial charge in [0.15, 0.2) is 5.82 Å². The van der Waals surface area contributed by atoms with Crippen LogP contribution in [-0.2, 0) is 0 Å². The summed E-state index contributed by atoms with van der Waals surface area (Å²) in [7, 11) is 1.83. The molecule has 1 saturated carbocycles. The molecule has 2 aromatic rings. The topological polar surface area (TPSA) is 70.4 Å². The molecule has 0 radical (unpaired) electrons. The second kappa shape index (κ2) is 5.44. The van der Waals surface area contributed by atoms with Crippen molar-refractivity contribution in [1.82, 2.24) is 24.6 Å².